The number of hydrogen-bond donors (Lipinski definition) is 0. The molecule has 0 aliphatic rings. The zero-order chi connectivity index (χ0) is 17.9. The number of carbonyl (C=O) groups is 1. The highest BCUT2D eigenvalue weighted by molar-refractivity contribution is 7.22. The van der Waals surface area contributed by atoms with Gasteiger partial charge in [-0.3, -0.25) is 14.7 Å². The lowest BCUT2D eigenvalue weighted by molar-refractivity contribution is 0.0985. The molecule has 6 heteroatoms. The number of rotatable bonds is 4. The maximum atomic E-state index is 13.1. The minimum atomic E-state index is -0.0902. The Morgan fingerprint density at radius 3 is 2.58 bits per heavy atom. The van der Waals surface area contributed by atoms with Crippen LogP contribution in [-0.2, 0) is 6.54 Å². The van der Waals surface area contributed by atoms with Crippen LogP contribution in [0, 0.1) is 0 Å². The average Bonchev–Trinajstić information content (AvgIpc) is 3.10. The Kier molecular flexibility index (Phi) is 4.65. The monoisotopic (exact) mass is 379 g/mol. The Morgan fingerprint density at radius 2 is 1.81 bits per heavy atom. The maximum Gasteiger partial charge on any atom is 0.260 e. The van der Waals surface area contributed by atoms with Gasteiger partial charge >= 0.3 is 0 Å². The highest BCUT2D eigenvalue weighted by atomic mass is 35.5. The first-order valence-electron chi connectivity index (χ1n) is 8.02. The minimum Gasteiger partial charge on any atom is -0.279 e. The van der Waals surface area contributed by atoms with Crippen LogP contribution in [0.2, 0.25) is 5.02 Å². The van der Waals surface area contributed by atoms with Gasteiger partial charge in [0.15, 0.2) is 5.13 Å². The third-order valence-corrected chi connectivity index (χ3v) is 5.20. The molecule has 4 rings (SSSR count). The molecule has 26 heavy (non-hydrogen) atoms. The molecule has 0 N–H and O–H groups in total. The Bertz CT molecular complexity index is 1050. The lowest BCUT2D eigenvalue weighted by Crippen LogP contribution is -2.30. The Balaban J connectivity index is 1.77. The van der Waals surface area contributed by atoms with Crippen LogP contribution in [0.3, 0.4) is 0 Å². The summed E-state index contributed by atoms with van der Waals surface area (Å²) in [4.78, 5) is 23.5. The molecule has 0 aliphatic carbocycles. The third-order valence-electron chi connectivity index (χ3n) is 3.93. The first-order valence-corrected chi connectivity index (χ1v) is 9.22. The molecule has 2 aromatic heterocycles. The van der Waals surface area contributed by atoms with E-state index in [4.69, 9.17) is 11.6 Å². The molecular weight excluding hydrogens is 366 g/mol. The van der Waals surface area contributed by atoms with E-state index < -0.39 is 0 Å². The van der Waals surface area contributed by atoms with E-state index in [9.17, 15) is 4.79 Å². The molecule has 2 heterocycles. The summed E-state index contributed by atoms with van der Waals surface area (Å²) in [6, 6.07) is 18.6. The van der Waals surface area contributed by atoms with Crippen LogP contribution in [0.4, 0.5) is 5.13 Å². The number of hydrogen-bond acceptors (Lipinski definition) is 4. The summed E-state index contributed by atoms with van der Waals surface area (Å²) in [7, 11) is 0. The van der Waals surface area contributed by atoms with E-state index in [0.29, 0.717) is 22.3 Å². The molecule has 2 aromatic carbocycles. The van der Waals surface area contributed by atoms with Crippen molar-refractivity contribution in [2.45, 2.75) is 6.54 Å². The first kappa shape index (κ1) is 16.7. The molecule has 4 nitrogen and oxygen atoms in total. The largest absolute Gasteiger partial charge is 0.279 e. The van der Waals surface area contributed by atoms with Gasteiger partial charge in [0.25, 0.3) is 5.91 Å². The maximum absolute atomic E-state index is 13.1. The van der Waals surface area contributed by atoms with Gasteiger partial charge in [0, 0.05) is 23.0 Å². The van der Waals surface area contributed by atoms with E-state index in [0.717, 1.165) is 15.8 Å². The van der Waals surface area contributed by atoms with Crippen molar-refractivity contribution in [2.75, 3.05) is 4.90 Å². The predicted octanol–water partition coefficient (Wildman–Crippen LogP) is 5.19. The second-order valence-corrected chi connectivity index (χ2v) is 7.17. The van der Waals surface area contributed by atoms with Gasteiger partial charge in [0.2, 0.25) is 0 Å². The van der Waals surface area contributed by atoms with Gasteiger partial charge in [-0.05, 0) is 48.0 Å². The minimum absolute atomic E-state index is 0.0902. The summed E-state index contributed by atoms with van der Waals surface area (Å²) >= 11 is 7.54. The summed E-state index contributed by atoms with van der Waals surface area (Å²) in [5.74, 6) is -0.0902. The number of thiazole rings is 1. The molecule has 0 spiro atoms. The fourth-order valence-corrected chi connectivity index (χ4v) is 3.87. The van der Waals surface area contributed by atoms with Crippen molar-refractivity contribution in [2.24, 2.45) is 0 Å². The van der Waals surface area contributed by atoms with E-state index >= 15 is 0 Å². The molecule has 0 radical (unpaired) electrons. The van der Waals surface area contributed by atoms with Gasteiger partial charge in [0.05, 0.1) is 16.8 Å². The van der Waals surface area contributed by atoms with Gasteiger partial charge in [0.1, 0.15) is 0 Å². The normalized spacial score (nSPS) is 10.8. The van der Waals surface area contributed by atoms with Crippen molar-refractivity contribution in [3.05, 3.63) is 89.2 Å². The fraction of sp³-hybridized carbons (Fsp3) is 0.0500. The Morgan fingerprint density at radius 1 is 1.04 bits per heavy atom. The smallest absolute Gasteiger partial charge is 0.260 e. The molecule has 128 valence electrons. The summed E-state index contributed by atoms with van der Waals surface area (Å²) in [6.45, 7) is 0.420. The highest BCUT2D eigenvalue weighted by Crippen LogP contribution is 2.32. The van der Waals surface area contributed by atoms with Crippen molar-refractivity contribution in [1.82, 2.24) is 9.97 Å². The number of pyridine rings is 1. The van der Waals surface area contributed by atoms with Crippen LogP contribution >= 0.6 is 22.9 Å². The summed E-state index contributed by atoms with van der Waals surface area (Å²) < 4.78 is 0.952. The lowest BCUT2D eigenvalue weighted by Gasteiger charge is -2.20. The van der Waals surface area contributed by atoms with Gasteiger partial charge in [-0.1, -0.05) is 41.1 Å². The van der Waals surface area contributed by atoms with Crippen molar-refractivity contribution in [3.8, 4) is 0 Å². The molecule has 0 aliphatic heterocycles. The first-order chi connectivity index (χ1) is 12.7. The number of carbonyl (C=O) groups excluding carboxylic acids is 1. The van der Waals surface area contributed by atoms with Crippen molar-refractivity contribution in [1.29, 1.82) is 0 Å². The average molecular weight is 380 g/mol. The zero-order valence-electron chi connectivity index (χ0n) is 13.7. The highest BCUT2D eigenvalue weighted by Gasteiger charge is 2.21. The second kappa shape index (κ2) is 7.23. The Labute approximate surface area is 159 Å². The van der Waals surface area contributed by atoms with Crippen LogP contribution in [0.25, 0.3) is 10.2 Å². The van der Waals surface area contributed by atoms with Crippen molar-refractivity contribution < 1.29 is 4.79 Å². The van der Waals surface area contributed by atoms with Crippen molar-refractivity contribution >= 4 is 44.2 Å². The van der Waals surface area contributed by atoms with Crippen LogP contribution in [-0.4, -0.2) is 15.9 Å². The number of anilines is 1. The van der Waals surface area contributed by atoms with Crippen molar-refractivity contribution in [3.63, 3.8) is 0 Å². The van der Waals surface area contributed by atoms with E-state index in [1.54, 1.807) is 23.4 Å². The van der Waals surface area contributed by atoms with Crippen LogP contribution in [0.5, 0.6) is 0 Å². The summed E-state index contributed by atoms with van der Waals surface area (Å²) in [5, 5.41) is 1.30. The number of halogens is 1. The molecule has 0 bridgehead atoms. The van der Waals surface area contributed by atoms with E-state index in [-0.39, 0.29) is 5.91 Å². The number of aromatic nitrogens is 2. The zero-order valence-corrected chi connectivity index (χ0v) is 15.2. The van der Waals surface area contributed by atoms with Gasteiger partial charge in [-0.2, -0.15) is 0 Å². The molecule has 0 fully saturated rings. The van der Waals surface area contributed by atoms with Crippen LogP contribution in [0.1, 0.15) is 15.9 Å². The van der Waals surface area contributed by atoms with Gasteiger partial charge in [-0.15, -0.1) is 0 Å². The summed E-state index contributed by atoms with van der Waals surface area (Å²) in [5.41, 5.74) is 2.44. The number of nitrogens with zero attached hydrogens (tertiary/aromatic N) is 3. The number of benzene rings is 2. The molecule has 4 aromatic rings. The second-order valence-electron chi connectivity index (χ2n) is 5.72. The molecule has 0 atom stereocenters. The number of fused-ring (bicyclic) bond motifs is 1. The van der Waals surface area contributed by atoms with E-state index in [1.165, 1.54) is 11.3 Å². The predicted molar refractivity (Wildman–Crippen MR) is 106 cm³/mol. The molecule has 1 amide bonds. The summed E-state index contributed by atoms with van der Waals surface area (Å²) in [6.07, 6.45) is 3.44. The van der Waals surface area contributed by atoms with Gasteiger partial charge in [-0.25, -0.2) is 4.98 Å². The SMILES string of the molecule is O=C(c1ccccc1)N(Cc1ccncc1)c1nc2ccc(Cl)cc2s1. The molecule has 0 unspecified atom stereocenters. The molecule has 0 saturated carbocycles. The quantitative estimate of drug-likeness (QED) is 0.490. The Hall–Kier alpha value is -2.76. The lowest BCUT2D eigenvalue weighted by atomic mass is 10.2. The standard InChI is InChI=1S/C20H14ClN3OS/c21-16-6-7-17-18(12-16)26-20(23-17)24(13-14-8-10-22-11-9-14)19(25)15-4-2-1-3-5-15/h1-12H,13H2. The topological polar surface area (TPSA) is 46.1 Å². The van der Waals surface area contributed by atoms with E-state index in [1.807, 2.05) is 54.6 Å². The molecular formula is C20H14ClN3OS. The van der Waals surface area contributed by atoms with Gasteiger partial charge < -0.3 is 0 Å². The fourth-order valence-electron chi connectivity index (χ4n) is 2.64. The van der Waals surface area contributed by atoms with Crippen LogP contribution in [0.15, 0.2) is 73.1 Å². The molecule has 0 saturated heterocycles. The number of amides is 1. The van der Waals surface area contributed by atoms with E-state index in [2.05, 4.69) is 9.97 Å². The third kappa shape index (κ3) is 3.45. The van der Waals surface area contributed by atoms with Crippen LogP contribution < -0.4 is 4.90 Å².